The van der Waals surface area contributed by atoms with Gasteiger partial charge >= 0.3 is 5.97 Å². The highest BCUT2D eigenvalue weighted by atomic mass is 16.5. The summed E-state index contributed by atoms with van der Waals surface area (Å²) in [6.07, 6.45) is 65.5. The highest BCUT2D eigenvalue weighted by Gasteiger charge is 2.18. The van der Waals surface area contributed by atoms with Gasteiger partial charge < -0.3 is 20.3 Å². The van der Waals surface area contributed by atoms with Gasteiger partial charge in [-0.15, -0.1) is 0 Å². The van der Waals surface area contributed by atoms with Gasteiger partial charge in [0.2, 0.25) is 5.91 Å². The Labute approximate surface area is 391 Å². The minimum atomic E-state index is -0.850. The monoisotopic (exact) mass is 884 g/mol. The first kappa shape index (κ1) is 60.8. The zero-order chi connectivity index (χ0) is 45.8. The molecule has 3 N–H and O–H groups in total. The summed E-state index contributed by atoms with van der Waals surface area (Å²) in [4.78, 5) is 24.4. The summed E-state index contributed by atoms with van der Waals surface area (Å²) in [7, 11) is 0. The topological polar surface area (TPSA) is 95.9 Å². The third-order valence-electron chi connectivity index (χ3n) is 12.3. The lowest BCUT2D eigenvalue weighted by molar-refractivity contribution is -0.143. The molecule has 6 heteroatoms. The van der Waals surface area contributed by atoms with Crippen LogP contribution in [0.1, 0.15) is 277 Å². The van der Waals surface area contributed by atoms with Crippen molar-refractivity contribution in [2.75, 3.05) is 13.2 Å². The van der Waals surface area contributed by atoms with E-state index in [2.05, 4.69) is 55.6 Å². The second kappa shape index (κ2) is 52.4. The summed E-state index contributed by atoms with van der Waals surface area (Å²) >= 11 is 0. The van der Waals surface area contributed by atoms with Crippen molar-refractivity contribution in [3.63, 3.8) is 0 Å². The van der Waals surface area contributed by atoms with E-state index in [0.717, 1.165) is 64.2 Å². The van der Waals surface area contributed by atoms with E-state index in [9.17, 15) is 19.8 Å². The normalized spacial score (nSPS) is 13.0. The number of aliphatic hydroxyl groups excluding tert-OH is 2. The fraction of sp³-hybridized carbons (Fsp3) is 0.825. The number of esters is 1. The lowest BCUT2D eigenvalue weighted by Crippen LogP contribution is -2.45. The van der Waals surface area contributed by atoms with Gasteiger partial charge in [-0.2, -0.15) is 0 Å². The molecule has 6 nitrogen and oxygen atoms in total. The van der Waals surface area contributed by atoms with Crippen LogP contribution >= 0.6 is 0 Å². The van der Waals surface area contributed by atoms with Crippen LogP contribution in [0, 0.1) is 0 Å². The predicted octanol–water partition coefficient (Wildman–Crippen LogP) is 16.6. The van der Waals surface area contributed by atoms with Crippen molar-refractivity contribution in [1.82, 2.24) is 5.32 Å². The Kier molecular flexibility index (Phi) is 50.6. The molecule has 0 aliphatic rings. The average Bonchev–Trinajstić information content (AvgIpc) is 3.28. The number of carbonyl (C=O) groups is 2. The van der Waals surface area contributed by atoms with E-state index in [1.54, 1.807) is 6.08 Å². The average molecular weight is 884 g/mol. The molecule has 0 heterocycles. The lowest BCUT2D eigenvalue weighted by Gasteiger charge is -2.20. The molecule has 0 rings (SSSR count). The van der Waals surface area contributed by atoms with E-state index in [1.165, 1.54) is 186 Å². The molecule has 0 aromatic carbocycles. The van der Waals surface area contributed by atoms with Crippen LogP contribution in [0.15, 0.2) is 48.6 Å². The van der Waals surface area contributed by atoms with Crippen LogP contribution in [-0.2, 0) is 14.3 Å². The number of hydrogen-bond donors (Lipinski definition) is 3. The smallest absolute Gasteiger partial charge is 0.305 e. The van der Waals surface area contributed by atoms with Crippen molar-refractivity contribution in [3.05, 3.63) is 48.6 Å². The van der Waals surface area contributed by atoms with Gasteiger partial charge in [0.25, 0.3) is 0 Å². The Balaban J connectivity index is 3.46. The Morgan fingerprint density at radius 3 is 1.24 bits per heavy atom. The van der Waals surface area contributed by atoms with Crippen LogP contribution in [0.25, 0.3) is 0 Å². The zero-order valence-electron chi connectivity index (χ0n) is 41.8. The highest BCUT2D eigenvalue weighted by Crippen LogP contribution is 2.15. The number of carbonyl (C=O) groups excluding carboxylic acids is 2. The number of rotatable bonds is 50. The van der Waals surface area contributed by atoms with Gasteiger partial charge in [-0.05, 0) is 89.9 Å². The second-order valence-electron chi connectivity index (χ2n) is 18.5. The van der Waals surface area contributed by atoms with Crippen LogP contribution in [0.2, 0.25) is 0 Å². The second-order valence-corrected chi connectivity index (χ2v) is 18.5. The summed E-state index contributed by atoms with van der Waals surface area (Å²) in [6, 6.07) is -0.634. The molecule has 0 saturated carbocycles. The highest BCUT2D eigenvalue weighted by molar-refractivity contribution is 5.76. The molecular formula is C57H105NO5. The molecule has 0 radical (unpaired) electrons. The first-order chi connectivity index (χ1) is 31.0. The van der Waals surface area contributed by atoms with E-state index >= 15 is 0 Å². The van der Waals surface area contributed by atoms with Crippen molar-refractivity contribution >= 4 is 11.9 Å². The van der Waals surface area contributed by atoms with Gasteiger partial charge in [-0.25, -0.2) is 0 Å². The van der Waals surface area contributed by atoms with E-state index in [1.807, 2.05) is 6.08 Å². The van der Waals surface area contributed by atoms with Crippen LogP contribution in [-0.4, -0.2) is 47.4 Å². The quantitative estimate of drug-likeness (QED) is 0.0321. The van der Waals surface area contributed by atoms with Gasteiger partial charge in [0.05, 0.1) is 25.4 Å². The maximum Gasteiger partial charge on any atom is 0.305 e. The molecular weight excluding hydrogens is 779 g/mol. The summed E-state index contributed by atoms with van der Waals surface area (Å²) in [5, 5.41) is 23.0. The number of ether oxygens (including phenoxy) is 1. The van der Waals surface area contributed by atoms with E-state index in [4.69, 9.17) is 4.74 Å². The first-order valence-corrected chi connectivity index (χ1v) is 27.4. The molecule has 0 bridgehead atoms. The van der Waals surface area contributed by atoms with Gasteiger partial charge in [0, 0.05) is 12.8 Å². The summed E-state index contributed by atoms with van der Waals surface area (Å²) in [5.41, 5.74) is 0. The maximum atomic E-state index is 12.4. The molecule has 0 aromatic rings. The molecule has 0 aliphatic carbocycles. The molecule has 0 fully saturated rings. The van der Waals surface area contributed by atoms with Gasteiger partial charge in [0.1, 0.15) is 0 Å². The van der Waals surface area contributed by atoms with Gasteiger partial charge in [-0.3, -0.25) is 9.59 Å². The third kappa shape index (κ3) is 49.1. The maximum absolute atomic E-state index is 12.4. The molecule has 0 aromatic heterocycles. The fourth-order valence-corrected chi connectivity index (χ4v) is 8.07. The van der Waals surface area contributed by atoms with Crippen molar-refractivity contribution in [1.29, 1.82) is 0 Å². The Morgan fingerprint density at radius 1 is 0.444 bits per heavy atom. The van der Waals surface area contributed by atoms with E-state index < -0.39 is 12.1 Å². The van der Waals surface area contributed by atoms with Gasteiger partial charge in [0.15, 0.2) is 0 Å². The molecule has 63 heavy (non-hydrogen) atoms. The van der Waals surface area contributed by atoms with Crippen molar-refractivity contribution in [2.24, 2.45) is 0 Å². The Bertz CT molecular complexity index is 1070. The lowest BCUT2D eigenvalue weighted by atomic mass is 10.1. The zero-order valence-corrected chi connectivity index (χ0v) is 41.8. The molecule has 1 amide bonds. The predicted molar refractivity (Wildman–Crippen MR) is 273 cm³/mol. The van der Waals surface area contributed by atoms with Crippen LogP contribution < -0.4 is 5.32 Å². The number of nitrogens with one attached hydrogen (secondary N) is 1. The van der Waals surface area contributed by atoms with Crippen LogP contribution in [0.3, 0.4) is 0 Å². The van der Waals surface area contributed by atoms with Crippen molar-refractivity contribution < 1.29 is 24.5 Å². The molecule has 368 valence electrons. The van der Waals surface area contributed by atoms with Crippen molar-refractivity contribution in [3.8, 4) is 0 Å². The standard InChI is InChI=1S/C57H105NO5/c1-3-5-7-9-11-13-15-16-17-24-27-31-35-39-43-47-51-57(62)63-52-48-44-40-36-32-28-25-22-20-18-19-21-23-26-30-34-38-42-46-50-56(61)58-54(53-59)55(60)49-45-41-37-33-29-14-12-10-8-6-4-2/h13,15,17-19,24,45,49,54-55,59-60H,3-12,14,16,20-23,25-44,46-48,50-53H2,1-2H3,(H,58,61)/b15-13-,19-18-,24-17-,49-45+. The van der Waals surface area contributed by atoms with Gasteiger partial charge in [-0.1, -0.05) is 223 Å². The van der Waals surface area contributed by atoms with E-state index in [-0.39, 0.29) is 18.5 Å². The number of amides is 1. The minimum Gasteiger partial charge on any atom is -0.466 e. The molecule has 2 unspecified atom stereocenters. The third-order valence-corrected chi connectivity index (χ3v) is 12.3. The van der Waals surface area contributed by atoms with E-state index in [0.29, 0.717) is 19.4 Å². The largest absolute Gasteiger partial charge is 0.466 e. The summed E-state index contributed by atoms with van der Waals surface area (Å²) in [6.45, 7) is 4.85. The van der Waals surface area contributed by atoms with Crippen molar-refractivity contribution in [2.45, 2.75) is 289 Å². The van der Waals surface area contributed by atoms with Crippen LogP contribution in [0.5, 0.6) is 0 Å². The summed E-state index contributed by atoms with van der Waals surface area (Å²) in [5.74, 6) is -0.0915. The Morgan fingerprint density at radius 2 is 0.794 bits per heavy atom. The summed E-state index contributed by atoms with van der Waals surface area (Å²) < 4.78 is 5.47. The number of hydrogen-bond acceptors (Lipinski definition) is 5. The molecule has 0 spiro atoms. The number of unbranched alkanes of at least 4 members (excludes halogenated alkanes) is 33. The Hall–Kier alpha value is -2.18. The SMILES string of the molecule is CCCCCC/C=C\C/C=C\CCCCCCCC(=O)OCCCCCCCCCC/C=C\CCCCCCCCCC(=O)NC(CO)C(O)/C=C/CCCCCCCCCCC. The number of allylic oxidation sites excluding steroid dienone is 7. The molecule has 0 saturated heterocycles. The van der Waals surface area contributed by atoms with Crippen LogP contribution in [0.4, 0.5) is 0 Å². The minimum absolute atomic E-state index is 0.0112. The molecule has 2 atom stereocenters. The fourth-order valence-electron chi connectivity index (χ4n) is 8.07. The number of aliphatic hydroxyl groups is 2. The first-order valence-electron chi connectivity index (χ1n) is 27.4. The molecule has 0 aliphatic heterocycles.